The molecule has 7 heteroatoms. The van der Waals surface area contributed by atoms with Gasteiger partial charge in [0.1, 0.15) is 11.8 Å². The topological polar surface area (TPSA) is 77.6 Å². The molecule has 1 aromatic carbocycles. The van der Waals surface area contributed by atoms with E-state index in [1.165, 1.54) is 0 Å². The molecule has 0 radical (unpaired) electrons. The second-order valence-electron chi connectivity index (χ2n) is 6.62. The van der Waals surface area contributed by atoms with E-state index in [4.69, 9.17) is 4.74 Å². The standard InChI is InChI=1S/C18H23N3O4/c1-12(11-22)10-14-13(2)19(3)18-16(21(23)24)5-4-15(17(14)18)20-6-8-25-9-7-20/h4-5,11-12H,6-10H2,1-3H3. The van der Waals surface area contributed by atoms with Crippen LogP contribution in [0.2, 0.25) is 0 Å². The van der Waals surface area contributed by atoms with Crippen molar-refractivity contribution >= 4 is 28.6 Å². The molecule has 0 bridgehead atoms. The normalized spacial score (nSPS) is 16.2. The van der Waals surface area contributed by atoms with Crippen molar-refractivity contribution in [3.63, 3.8) is 0 Å². The van der Waals surface area contributed by atoms with Crippen LogP contribution < -0.4 is 4.90 Å². The van der Waals surface area contributed by atoms with E-state index >= 15 is 0 Å². The van der Waals surface area contributed by atoms with E-state index < -0.39 is 0 Å². The number of rotatable bonds is 5. The number of nitro groups is 1. The Morgan fingerprint density at radius 2 is 2.04 bits per heavy atom. The number of nitrogens with zero attached hydrogens (tertiary/aromatic N) is 3. The van der Waals surface area contributed by atoms with Gasteiger partial charge < -0.3 is 19.0 Å². The van der Waals surface area contributed by atoms with Crippen LogP contribution in [0.3, 0.4) is 0 Å². The largest absolute Gasteiger partial charge is 0.378 e. The van der Waals surface area contributed by atoms with Gasteiger partial charge >= 0.3 is 0 Å². The first-order chi connectivity index (χ1) is 12.0. The molecule has 134 valence electrons. The van der Waals surface area contributed by atoms with Gasteiger partial charge in [-0.25, -0.2) is 0 Å². The highest BCUT2D eigenvalue weighted by Gasteiger charge is 2.26. The fourth-order valence-corrected chi connectivity index (χ4v) is 3.59. The fraction of sp³-hybridized carbons (Fsp3) is 0.500. The summed E-state index contributed by atoms with van der Waals surface area (Å²) in [4.78, 5) is 24.6. The summed E-state index contributed by atoms with van der Waals surface area (Å²) in [6, 6.07) is 3.42. The zero-order valence-electron chi connectivity index (χ0n) is 14.8. The highest BCUT2D eigenvalue weighted by molar-refractivity contribution is 6.02. The molecule has 7 nitrogen and oxygen atoms in total. The van der Waals surface area contributed by atoms with Gasteiger partial charge in [0.05, 0.1) is 18.1 Å². The molecule has 25 heavy (non-hydrogen) atoms. The van der Waals surface area contributed by atoms with Gasteiger partial charge in [0.25, 0.3) is 5.69 Å². The lowest BCUT2D eigenvalue weighted by molar-refractivity contribution is -0.383. The molecule has 3 rings (SSSR count). The molecule has 0 aliphatic carbocycles. The van der Waals surface area contributed by atoms with Gasteiger partial charge in [0.2, 0.25) is 0 Å². The van der Waals surface area contributed by atoms with Crippen LogP contribution in [-0.2, 0) is 23.0 Å². The number of aryl methyl sites for hydroxylation is 1. The summed E-state index contributed by atoms with van der Waals surface area (Å²) in [5.41, 5.74) is 3.69. The number of ether oxygens (including phenoxy) is 1. The zero-order chi connectivity index (χ0) is 18.1. The van der Waals surface area contributed by atoms with Crippen molar-refractivity contribution in [2.24, 2.45) is 13.0 Å². The zero-order valence-corrected chi connectivity index (χ0v) is 14.8. The van der Waals surface area contributed by atoms with Crippen LogP contribution in [0.15, 0.2) is 12.1 Å². The average Bonchev–Trinajstić information content (AvgIpc) is 2.87. The molecule has 0 N–H and O–H groups in total. The van der Waals surface area contributed by atoms with Crippen molar-refractivity contribution in [2.75, 3.05) is 31.2 Å². The van der Waals surface area contributed by atoms with Crippen LogP contribution >= 0.6 is 0 Å². The number of hydrogen-bond donors (Lipinski definition) is 0. The van der Waals surface area contributed by atoms with Crippen LogP contribution in [0, 0.1) is 23.0 Å². The van der Waals surface area contributed by atoms with E-state index in [1.54, 1.807) is 6.07 Å². The number of nitro benzene ring substituents is 1. The Balaban J connectivity index is 2.29. The maximum atomic E-state index is 11.6. The average molecular weight is 345 g/mol. The lowest BCUT2D eigenvalue weighted by Crippen LogP contribution is -2.36. The molecule has 1 unspecified atom stereocenters. The number of aromatic nitrogens is 1. The van der Waals surface area contributed by atoms with Crippen molar-refractivity contribution < 1.29 is 14.5 Å². The van der Waals surface area contributed by atoms with Gasteiger partial charge in [-0.2, -0.15) is 0 Å². The first-order valence-electron chi connectivity index (χ1n) is 8.49. The van der Waals surface area contributed by atoms with Gasteiger partial charge in [-0.15, -0.1) is 0 Å². The highest BCUT2D eigenvalue weighted by atomic mass is 16.6. The number of benzene rings is 1. The second-order valence-corrected chi connectivity index (χ2v) is 6.62. The fourth-order valence-electron chi connectivity index (χ4n) is 3.59. The minimum atomic E-state index is -0.336. The molecule has 1 saturated heterocycles. The number of anilines is 1. The van der Waals surface area contributed by atoms with Crippen molar-refractivity contribution in [3.8, 4) is 0 Å². The Hall–Kier alpha value is -2.41. The summed E-state index contributed by atoms with van der Waals surface area (Å²) < 4.78 is 7.31. The van der Waals surface area contributed by atoms with E-state index in [-0.39, 0.29) is 16.5 Å². The van der Waals surface area contributed by atoms with Crippen LogP contribution in [-0.4, -0.2) is 42.1 Å². The third kappa shape index (κ3) is 3.00. The molecule has 0 amide bonds. The molecule has 1 aliphatic rings. The predicted molar refractivity (Wildman–Crippen MR) is 96.3 cm³/mol. The number of aldehydes is 1. The number of non-ortho nitro benzene ring substituents is 1. The number of fused-ring (bicyclic) bond motifs is 1. The summed E-state index contributed by atoms with van der Waals surface area (Å²) in [5, 5.41) is 12.4. The molecule has 1 aromatic heterocycles. The predicted octanol–water partition coefficient (Wildman–Crippen LogP) is 2.61. The lowest BCUT2D eigenvalue weighted by Gasteiger charge is -2.29. The van der Waals surface area contributed by atoms with Gasteiger partial charge in [0.15, 0.2) is 0 Å². The summed E-state index contributed by atoms with van der Waals surface area (Å²) in [6.45, 7) is 6.62. The molecular formula is C18H23N3O4. The summed E-state index contributed by atoms with van der Waals surface area (Å²) >= 11 is 0. The lowest BCUT2D eigenvalue weighted by atomic mass is 9.98. The third-order valence-corrected chi connectivity index (χ3v) is 5.02. The van der Waals surface area contributed by atoms with E-state index in [0.29, 0.717) is 25.2 Å². The van der Waals surface area contributed by atoms with Crippen LogP contribution in [0.4, 0.5) is 11.4 Å². The van der Waals surface area contributed by atoms with Gasteiger partial charge in [-0.1, -0.05) is 6.92 Å². The minimum Gasteiger partial charge on any atom is -0.378 e. The first kappa shape index (κ1) is 17.4. The number of hydrogen-bond acceptors (Lipinski definition) is 5. The van der Waals surface area contributed by atoms with E-state index in [0.717, 1.165) is 41.7 Å². The van der Waals surface area contributed by atoms with Crippen molar-refractivity contribution in [2.45, 2.75) is 20.3 Å². The third-order valence-electron chi connectivity index (χ3n) is 5.02. The number of morpholine rings is 1. The van der Waals surface area contributed by atoms with E-state index in [1.807, 2.05) is 31.5 Å². The number of carbonyl (C=O) groups is 1. The van der Waals surface area contributed by atoms with E-state index in [2.05, 4.69) is 4.90 Å². The maximum Gasteiger partial charge on any atom is 0.293 e. The summed E-state index contributed by atoms with van der Waals surface area (Å²) in [5.74, 6) is -0.138. The smallest absolute Gasteiger partial charge is 0.293 e. The summed E-state index contributed by atoms with van der Waals surface area (Å²) in [7, 11) is 1.85. The molecule has 1 aliphatic heterocycles. The molecule has 0 saturated carbocycles. The Morgan fingerprint density at radius 1 is 1.36 bits per heavy atom. The maximum absolute atomic E-state index is 11.6. The molecular weight excluding hydrogens is 322 g/mol. The van der Waals surface area contributed by atoms with E-state index in [9.17, 15) is 14.9 Å². The molecule has 2 heterocycles. The Morgan fingerprint density at radius 3 is 2.64 bits per heavy atom. The molecule has 0 spiro atoms. The van der Waals surface area contributed by atoms with Crippen LogP contribution in [0.25, 0.3) is 10.9 Å². The Labute approximate surface area is 146 Å². The van der Waals surface area contributed by atoms with Crippen molar-refractivity contribution in [3.05, 3.63) is 33.5 Å². The quantitative estimate of drug-likeness (QED) is 0.473. The minimum absolute atomic E-state index is 0.0996. The van der Waals surface area contributed by atoms with Gasteiger partial charge in [0, 0.05) is 48.9 Å². The Bertz CT molecular complexity index is 822. The van der Waals surface area contributed by atoms with Crippen LogP contribution in [0.1, 0.15) is 18.2 Å². The molecule has 2 aromatic rings. The van der Waals surface area contributed by atoms with Crippen molar-refractivity contribution in [1.82, 2.24) is 4.57 Å². The number of carbonyl (C=O) groups excluding carboxylic acids is 1. The van der Waals surface area contributed by atoms with Gasteiger partial charge in [-0.3, -0.25) is 10.1 Å². The second kappa shape index (κ2) is 6.84. The van der Waals surface area contributed by atoms with Crippen molar-refractivity contribution in [1.29, 1.82) is 0 Å². The van der Waals surface area contributed by atoms with Gasteiger partial charge in [-0.05, 0) is 25.0 Å². The highest BCUT2D eigenvalue weighted by Crippen LogP contribution is 2.40. The Kier molecular flexibility index (Phi) is 4.76. The first-order valence-corrected chi connectivity index (χ1v) is 8.49. The SMILES string of the molecule is Cc1c(CC(C)C=O)c2c(N3CCOCC3)ccc([N+](=O)[O-])c2n1C. The molecule has 1 atom stereocenters. The summed E-state index contributed by atoms with van der Waals surface area (Å²) in [6.07, 6.45) is 1.51. The molecule has 1 fully saturated rings. The van der Waals surface area contributed by atoms with Crippen LogP contribution in [0.5, 0.6) is 0 Å². The monoisotopic (exact) mass is 345 g/mol.